The lowest BCUT2D eigenvalue weighted by Crippen LogP contribution is -2.20. The first-order chi connectivity index (χ1) is 10.5. The van der Waals surface area contributed by atoms with Gasteiger partial charge in [-0.2, -0.15) is 0 Å². The number of halogens is 1. The van der Waals surface area contributed by atoms with Gasteiger partial charge in [0.2, 0.25) is 0 Å². The van der Waals surface area contributed by atoms with E-state index in [2.05, 4.69) is 26.1 Å². The molecule has 0 spiro atoms. The molecule has 22 heavy (non-hydrogen) atoms. The predicted octanol–water partition coefficient (Wildman–Crippen LogP) is 4.79. The van der Waals surface area contributed by atoms with Crippen LogP contribution >= 0.6 is 11.6 Å². The van der Waals surface area contributed by atoms with Crippen molar-refractivity contribution in [1.29, 1.82) is 0 Å². The van der Waals surface area contributed by atoms with Crippen LogP contribution in [0.15, 0.2) is 42.5 Å². The number of ether oxygens (including phenoxy) is 1. The van der Waals surface area contributed by atoms with Crippen molar-refractivity contribution in [2.75, 3.05) is 11.9 Å². The molecule has 0 radical (unpaired) electrons. The molecule has 1 N–H and O–H groups in total. The Kier molecular flexibility index (Phi) is 5.45. The minimum absolute atomic E-state index is 0.0247. The maximum Gasteiger partial charge on any atom is 0.262 e. The normalized spacial score (nSPS) is 10.6. The van der Waals surface area contributed by atoms with E-state index in [0.717, 1.165) is 0 Å². The molecule has 0 saturated heterocycles. The van der Waals surface area contributed by atoms with Gasteiger partial charge in [0.25, 0.3) is 5.91 Å². The van der Waals surface area contributed by atoms with Gasteiger partial charge in [-0.3, -0.25) is 4.79 Å². The Hall–Kier alpha value is -2.00. The van der Waals surface area contributed by atoms with Crippen LogP contribution in [-0.4, -0.2) is 12.5 Å². The summed E-state index contributed by atoms with van der Waals surface area (Å²) in [7, 11) is 0. The highest BCUT2D eigenvalue weighted by Crippen LogP contribution is 2.23. The largest absolute Gasteiger partial charge is 0.484 e. The Morgan fingerprint density at radius 1 is 1.18 bits per heavy atom. The van der Waals surface area contributed by atoms with Crippen LogP contribution in [0.25, 0.3) is 0 Å². The van der Waals surface area contributed by atoms with Gasteiger partial charge < -0.3 is 10.1 Å². The fourth-order valence-electron chi connectivity index (χ4n) is 2.26. The van der Waals surface area contributed by atoms with Gasteiger partial charge in [-0.15, -0.1) is 0 Å². The fraction of sp³-hybridized carbons (Fsp3) is 0.278. The highest BCUT2D eigenvalue weighted by molar-refractivity contribution is 6.30. The van der Waals surface area contributed by atoms with E-state index in [1.165, 1.54) is 11.1 Å². The van der Waals surface area contributed by atoms with Gasteiger partial charge in [0.05, 0.1) is 0 Å². The molecule has 0 unspecified atom stereocenters. The minimum atomic E-state index is -0.201. The first-order valence-electron chi connectivity index (χ1n) is 7.24. The summed E-state index contributed by atoms with van der Waals surface area (Å²) in [4.78, 5) is 11.9. The van der Waals surface area contributed by atoms with Crippen LogP contribution in [-0.2, 0) is 4.79 Å². The quantitative estimate of drug-likeness (QED) is 0.861. The number of aryl methyl sites for hydroxylation is 1. The molecule has 0 aliphatic carbocycles. The molecule has 2 aromatic rings. The molecule has 0 aliphatic rings. The van der Waals surface area contributed by atoms with Crippen LogP contribution in [0.4, 0.5) is 5.69 Å². The fourth-order valence-corrected chi connectivity index (χ4v) is 2.39. The molecule has 0 bridgehead atoms. The lowest BCUT2D eigenvalue weighted by molar-refractivity contribution is -0.118. The van der Waals surface area contributed by atoms with E-state index in [9.17, 15) is 4.79 Å². The van der Waals surface area contributed by atoms with Crippen LogP contribution in [0, 0.1) is 6.92 Å². The Bertz CT molecular complexity index is 651. The molecule has 116 valence electrons. The zero-order valence-corrected chi connectivity index (χ0v) is 13.8. The van der Waals surface area contributed by atoms with E-state index in [1.807, 2.05) is 18.2 Å². The topological polar surface area (TPSA) is 38.3 Å². The third kappa shape index (κ3) is 4.50. The van der Waals surface area contributed by atoms with Crippen LogP contribution < -0.4 is 10.1 Å². The lowest BCUT2D eigenvalue weighted by atomic mass is 9.98. The highest BCUT2D eigenvalue weighted by atomic mass is 35.5. The Balaban J connectivity index is 1.91. The molecular weight excluding hydrogens is 298 g/mol. The van der Waals surface area contributed by atoms with Crippen molar-refractivity contribution < 1.29 is 9.53 Å². The second-order valence-electron chi connectivity index (χ2n) is 5.52. The average molecular weight is 318 g/mol. The number of hydrogen-bond acceptors (Lipinski definition) is 2. The molecule has 1 amide bonds. The zero-order valence-electron chi connectivity index (χ0n) is 13.0. The summed E-state index contributed by atoms with van der Waals surface area (Å²) in [6.45, 7) is 6.34. The van der Waals surface area contributed by atoms with E-state index in [1.54, 1.807) is 24.3 Å². The standard InChI is InChI=1S/C18H20ClNO2/c1-12(2)17-9-8-16(10-13(17)3)22-11-18(21)20-15-6-4-14(19)5-7-15/h4-10,12H,11H2,1-3H3,(H,20,21). The van der Waals surface area contributed by atoms with Crippen molar-refractivity contribution in [1.82, 2.24) is 0 Å². The Labute approximate surface area is 136 Å². The molecule has 0 saturated carbocycles. The maximum absolute atomic E-state index is 11.9. The number of amides is 1. The third-order valence-electron chi connectivity index (χ3n) is 3.36. The minimum Gasteiger partial charge on any atom is -0.484 e. The summed E-state index contributed by atoms with van der Waals surface area (Å²) >= 11 is 5.80. The van der Waals surface area contributed by atoms with Crippen LogP contribution in [0.2, 0.25) is 5.02 Å². The van der Waals surface area contributed by atoms with Gasteiger partial charge in [-0.05, 0) is 60.4 Å². The first-order valence-corrected chi connectivity index (χ1v) is 7.62. The SMILES string of the molecule is Cc1cc(OCC(=O)Nc2ccc(Cl)cc2)ccc1C(C)C. The van der Waals surface area contributed by atoms with E-state index in [4.69, 9.17) is 16.3 Å². The molecule has 2 aromatic carbocycles. The zero-order chi connectivity index (χ0) is 16.1. The van der Waals surface area contributed by atoms with E-state index < -0.39 is 0 Å². The molecule has 3 nitrogen and oxygen atoms in total. The summed E-state index contributed by atoms with van der Waals surface area (Å²) in [6, 6.07) is 12.9. The Morgan fingerprint density at radius 2 is 1.86 bits per heavy atom. The van der Waals surface area contributed by atoms with E-state index in [0.29, 0.717) is 22.4 Å². The second kappa shape index (κ2) is 7.32. The summed E-state index contributed by atoms with van der Waals surface area (Å²) < 4.78 is 5.54. The number of nitrogens with one attached hydrogen (secondary N) is 1. The number of hydrogen-bond donors (Lipinski definition) is 1. The van der Waals surface area contributed by atoms with Crippen molar-refractivity contribution >= 4 is 23.2 Å². The second-order valence-corrected chi connectivity index (χ2v) is 5.95. The van der Waals surface area contributed by atoms with Gasteiger partial charge in [0.15, 0.2) is 6.61 Å². The van der Waals surface area contributed by atoms with Crippen molar-refractivity contribution in [2.45, 2.75) is 26.7 Å². The Morgan fingerprint density at radius 3 is 2.45 bits per heavy atom. The number of rotatable bonds is 5. The maximum atomic E-state index is 11.9. The van der Waals surface area contributed by atoms with E-state index in [-0.39, 0.29) is 12.5 Å². The van der Waals surface area contributed by atoms with Crippen molar-refractivity contribution in [2.24, 2.45) is 0 Å². The van der Waals surface area contributed by atoms with Crippen LogP contribution in [0.3, 0.4) is 0 Å². The summed E-state index contributed by atoms with van der Waals surface area (Å²) in [6.07, 6.45) is 0. The van der Waals surface area contributed by atoms with Crippen molar-refractivity contribution in [3.05, 3.63) is 58.6 Å². The monoisotopic (exact) mass is 317 g/mol. The van der Waals surface area contributed by atoms with Crippen LogP contribution in [0.1, 0.15) is 30.9 Å². The van der Waals surface area contributed by atoms with Gasteiger partial charge in [-0.25, -0.2) is 0 Å². The molecular formula is C18H20ClNO2. The van der Waals surface area contributed by atoms with Gasteiger partial charge in [-0.1, -0.05) is 31.5 Å². The van der Waals surface area contributed by atoms with E-state index >= 15 is 0 Å². The number of carbonyl (C=O) groups excluding carboxylic acids is 1. The molecule has 2 rings (SSSR count). The smallest absolute Gasteiger partial charge is 0.262 e. The van der Waals surface area contributed by atoms with Gasteiger partial charge in [0, 0.05) is 10.7 Å². The molecule has 0 aliphatic heterocycles. The number of anilines is 1. The average Bonchev–Trinajstić information content (AvgIpc) is 2.47. The number of carbonyl (C=O) groups is 1. The molecule has 0 aromatic heterocycles. The third-order valence-corrected chi connectivity index (χ3v) is 3.61. The van der Waals surface area contributed by atoms with Gasteiger partial charge >= 0.3 is 0 Å². The van der Waals surface area contributed by atoms with Crippen molar-refractivity contribution in [3.8, 4) is 5.75 Å². The predicted molar refractivity (Wildman–Crippen MR) is 90.8 cm³/mol. The molecule has 0 fully saturated rings. The van der Waals surface area contributed by atoms with Crippen molar-refractivity contribution in [3.63, 3.8) is 0 Å². The summed E-state index contributed by atoms with van der Waals surface area (Å²) in [5.74, 6) is 0.975. The number of benzene rings is 2. The summed E-state index contributed by atoms with van der Waals surface area (Å²) in [5.41, 5.74) is 3.16. The lowest BCUT2D eigenvalue weighted by Gasteiger charge is -2.12. The highest BCUT2D eigenvalue weighted by Gasteiger charge is 2.07. The molecule has 4 heteroatoms. The molecule has 0 atom stereocenters. The van der Waals surface area contributed by atoms with Gasteiger partial charge in [0.1, 0.15) is 5.75 Å². The molecule has 0 heterocycles. The first kappa shape index (κ1) is 16.4. The van der Waals surface area contributed by atoms with Crippen LogP contribution in [0.5, 0.6) is 5.75 Å². The summed E-state index contributed by atoms with van der Waals surface area (Å²) in [5, 5.41) is 3.40.